The van der Waals surface area contributed by atoms with Crippen molar-refractivity contribution in [2.75, 3.05) is 26.2 Å². The molecule has 0 aromatic heterocycles. The van der Waals surface area contributed by atoms with E-state index in [0.29, 0.717) is 24.3 Å². The molecule has 108 valence electrons. The van der Waals surface area contributed by atoms with Crippen LogP contribution in [-0.4, -0.2) is 47.8 Å². The molecule has 0 aliphatic carbocycles. The highest BCUT2D eigenvalue weighted by atomic mass is 16.2. The monoisotopic (exact) mass is 266 g/mol. The van der Waals surface area contributed by atoms with Crippen LogP contribution in [0.1, 0.15) is 46.5 Å². The highest BCUT2D eigenvalue weighted by Gasteiger charge is 2.31. The molecule has 0 unspecified atom stereocenters. The lowest BCUT2D eigenvalue weighted by atomic mass is 9.75. The van der Waals surface area contributed by atoms with Gasteiger partial charge in [0.2, 0.25) is 11.8 Å². The van der Waals surface area contributed by atoms with E-state index >= 15 is 0 Å². The van der Waals surface area contributed by atoms with E-state index in [1.807, 2.05) is 4.90 Å². The summed E-state index contributed by atoms with van der Waals surface area (Å²) in [6, 6.07) is 0. The predicted octanol–water partition coefficient (Wildman–Crippen LogP) is 1.89. The molecule has 4 nitrogen and oxygen atoms in total. The molecule has 2 fully saturated rings. The van der Waals surface area contributed by atoms with E-state index in [1.165, 1.54) is 0 Å². The average Bonchev–Trinajstić information content (AvgIpc) is 2.74. The Morgan fingerprint density at radius 2 is 1.84 bits per heavy atom. The second-order valence-electron chi connectivity index (χ2n) is 6.94. The van der Waals surface area contributed by atoms with Crippen molar-refractivity contribution < 1.29 is 9.59 Å². The van der Waals surface area contributed by atoms with Gasteiger partial charge in [-0.05, 0) is 30.6 Å². The smallest absolute Gasteiger partial charge is 0.242 e. The summed E-state index contributed by atoms with van der Waals surface area (Å²) in [6.07, 6.45) is 3.68. The van der Waals surface area contributed by atoms with Crippen LogP contribution in [0.5, 0.6) is 0 Å². The summed E-state index contributed by atoms with van der Waals surface area (Å²) >= 11 is 0. The van der Waals surface area contributed by atoms with Gasteiger partial charge in [-0.3, -0.25) is 9.59 Å². The van der Waals surface area contributed by atoms with Gasteiger partial charge >= 0.3 is 0 Å². The van der Waals surface area contributed by atoms with Gasteiger partial charge in [0, 0.05) is 26.1 Å². The normalized spacial score (nSPS) is 22.2. The van der Waals surface area contributed by atoms with Gasteiger partial charge in [-0.15, -0.1) is 0 Å². The zero-order valence-electron chi connectivity index (χ0n) is 12.4. The molecule has 0 N–H and O–H groups in total. The maximum atomic E-state index is 12.2. The van der Waals surface area contributed by atoms with E-state index in [9.17, 15) is 9.59 Å². The average molecular weight is 266 g/mol. The van der Waals surface area contributed by atoms with Crippen LogP contribution in [-0.2, 0) is 9.59 Å². The minimum absolute atomic E-state index is 0.127. The molecule has 19 heavy (non-hydrogen) atoms. The quantitative estimate of drug-likeness (QED) is 0.766. The molecule has 2 rings (SSSR count). The van der Waals surface area contributed by atoms with Crippen LogP contribution in [0.25, 0.3) is 0 Å². The van der Waals surface area contributed by atoms with Crippen LogP contribution < -0.4 is 0 Å². The third-order valence-electron chi connectivity index (χ3n) is 4.57. The molecular weight excluding hydrogens is 240 g/mol. The van der Waals surface area contributed by atoms with Crippen molar-refractivity contribution in [1.29, 1.82) is 0 Å². The molecule has 0 saturated carbocycles. The molecule has 2 saturated heterocycles. The van der Waals surface area contributed by atoms with Crippen molar-refractivity contribution in [3.8, 4) is 0 Å². The maximum Gasteiger partial charge on any atom is 0.242 e. The third-order valence-corrected chi connectivity index (χ3v) is 4.57. The molecule has 0 aromatic carbocycles. The SMILES string of the molecule is CC(C)(C)C1CCN(C(=O)CN2CCCC2=O)CC1. The summed E-state index contributed by atoms with van der Waals surface area (Å²) < 4.78 is 0. The first-order chi connectivity index (χ1) is 8.88. The summed E-state index contributed by atoms with van der Waals surface area (Å²) in [5.74, 6) is 0.963. The number of hydrogen-bond acceptors (Lipinski definition) is 2. The second kappa shape index (κ2) is 5.51. The van der Waals surface area contributed by atoms with Gasteiger partial charge in [-0.2, -0.15) is 0 Å². The van der Waals surface area contributed by atoms with Crippen LogP contribution in [0.2, 0.25) is 0 Å². The predicted molar refractivity (Wildman–Crippen MR) is 74.6 cm³/mol. The van der Waals surface area contributed by atoms with Crippen molar-refractivity contribution in [2.45, 2.75) is 46.5 Å². The number of likely N-dealkylation sites (tertiary alicyclic amines) is 2. The van der Waals surface area contributed by atoms with E-state index < -0.39 is 0 Å². The lowest BCUT2D eigenvalue weighted by Crippen LogP contribution is -2.46. The van der Waals surface area contributed by atoms with Gasteiger partial charge in [0.1, 0.15) is 0 Å². The van der Waals surface area contributed by atoms with Crippen LogP contribution in [0.3, 0.4) is 0 Å². The fourth-order valence-electron chi connectivity index (χ4n) is 3.13. The van der Waals surface area contributed by atoms with E-state index in [4.69, 9.17) is 0 Å². The van der Waals surface area contributed by atoms with E-state index in [-0.39, 0.29) is 11.8 Å². The zero-order valence-corrected chi connectivity index (χ0v) is 12.4. The van der Waals surface area contributed by atoms with E-state index in [1.54, 1.807) is 4.90 Å². The van der Waals surface area contributed by atoms with Crippen molar-refractivity contribution >= 4 is 11.8 Å². The largest absolute Gasteiger partial charge is 0.341 e. The van der Waals surface area contributed by atoms with Crippen molar-refractivity contribution in [2.24, 2.45) is 11.3 Å². The number of carbonyl (C=O) groups is 2. The Hall–Kier alpha value is -1.06. The molecule has 0 spiro atoms. The van der Waals surface area contributed by atoms with E-state index in [0.717, 1.165) is 38.9 Å². The topological polar surface area (TPSA) is 40.6 Å². The highest BCUT2D eigenvalue weighted by Crippen LogP contribution is 2.34. The Kier molecular flexibility index (Phi) is 4.16. The summed E-state index contributed by atoms with van der Waals surface area (Å²) in [4.78, 5) is 27.4. The molecule has 0 atom stereocenters. The maximum absolute atomic E-state index is 12.2. The van der Waals surface area contributed by atoms with E-state index in [2.05, 4.69) is 20.8 Å². The molecule has 2 aliphatic heterocycles. The lowest BCUT2D eigenvalue weighted by Gasteiger charge is -2.39. The minimum Gasteiger partial charge on any atom is -0.341 e. The highest BCUT2D eigenvalue weighted by molar-refractivity contribution is 5.85. The third kappa shape index (κ3) is 3.48. The first-order valence-corrected chi connectivity index (χ1v) is 7.43. The van der Waals surface area contributed by atoms with Gasteiger partial charge < -0.3 is 9.80 Å². The number of carbonyl (C=O) groups excluding carboxylic acids is 2. The summed E-state index contributed by atoms with van der Waals surface area (Å²) in [7, 11) is 0. The Labute approximate surface area is 116 Å². The number of hydrogen-bond donors (Lipinski definition) is 0. The standard InChI is InChI=1S/C15H26N2O2/c1-15(2,3)12-6-9-16(10-7-12)14(19)11-17-8-4-5-13(17)18/h12H,4-11H2,1-3H3. The molecule has 4 heteroatoms. The second-order valence-corrected chi connectivity index (χ2v) is 6.94. The molecule has 0 aromatic rings. The molecule has 2 amide bonds. The molecule has 2 aliphatic rings. The van der Waals surface area contributed by atoms with Crippen molar-refractivity contribution in [3.05, 3.63) is 0 Å². The number of piperidine rings is 1. The fourth-order valence-corrected chi connectivity index (χ4v) is 3.13. The molecule has 2 heterocycles. The van der Waals surface area contributed by atoms with Gasteiger partial charge in [-0.25, -0.2) is 0 Å². The van der Waals surface area contributed by atoms with Crippen LogP contribution in [0.4, 0.5) is 0 Å². The molecule has 0 bridgehead atoms. The molecule has 0 radical (unpaired) electrons. The van der Waals surface area contributed by atoms with Gasteiger partial charge in [0.25, 0.3) is 0 Å². The minimum atomic E-state index is 0.127. The summed E-state index contributed by atoms with van der Waals surface area (Å²) in [5, 5.41) is 0. The lowest BCUT2D eigenvalue weighted by molar-refractivity contribution is -0.139. The van der Waals surface area contributed by atoms with Gasteiger partial charge in [0.15, 0.2) is 0 Å². The summed E-state index contributed by atoms with van der Waals surface area (Å²) in [6.45, 7) is 9.57. The Balaban J connectivity index is 1.81. The van der Waals surface area contributed by atoms with Crippen LogP contribution >= 0.6 is 0 Å². The van der Waals surface area contributed by atoms with Crippen molar-refractivity contribution in [1.82, 2.24) is 9.80 Å². The van der Waals surface area contributed by atoms with Crippen molar-refractivity contribution in [3.63, 3.8) is 0 Å². The Morgan fingerprint density at radius 1 is 1.21 bits per heavy atom. The molecular formula is C15H26N2O2. The van der Waals surface area contributed by atoms with Crippen LogP contribution in [0.15, 0.2) is 0 Å². The number of rotatable bonds is 2. The zero-order chi connectivity index (χ0) is 14.0. The Bertz CT molecular complexity index is 352. The first kappa shape index (κ1) is 14.4. The summed E-state index contributed by atoms with van der Waals surface area (Å²) in [5.41, 5.74) is 0.333. The number of amides is 2. The Morgan fingerprint density at radius 3 is 2.32 bits per heavy atom. The van der Waals surface area contributed by atoms with Gasteiger partial charge in [-0.1, -0.05) is 20.8 Å². The van der Waals surface area contributed by atoms with Gasteiger partial charge in [0.05, 0.1) is 6.54 Å². The number of nitrogens with zero attached hydrogens (tertiary/aromatic N) is 2. The fraction of sp³-hybridized carbons (Fsp3) is 0.867. The van der Waals surface area contributed by atoms with Crippen LogP contribution in [0, 0.1) is 11.3 Å². The first-order valence-electron chi connectivity index (χ1n) is 7.43.